The van der Waals surface area contributed by atoms with E-state index in [9.17, 15) is 8.42 Å². The van der Waals surface area contributed by atoms with Gasteiger partial charge in [0, 0.05) is 31.6 Å². The van der Waals surface area contributed by atoms with Gasteiger partial charge in [0.25, 0.3) is 10.2 Å². The number of para-hydroxylation sites is 1. The second-order valence-corrected chi connectivity index (χ2v) is 9.84. The first-order valence-electron chi connectivity index (χ1n) is 10.6. The standard InChI is InChI=1S/C20H30N6O3S.ClH/c21-19-17-3-1-2-4-18(17)24-20(25-19)22-13-15-5-7-16(8-6-15)14-23-30(27,28)26-9-11-29-12-10-26;/h1-4,15-16,23H,5-14H2,(H3,21,22,24,25);1H. The van der Waals surface area contributed by atoms with Gasteiger partial charge in [0.15, 0.2) is 0 Å². The van der Waals surface area contributed by atoms with Crippen molar-refractivity contribution in [1.82, 2.24) is 19.0 Å². The summed E-state index contributed by atoms with van der Waals surface area (Å²) in [5.41, 5.74) is 6.89. The Labute approximate surface area is 189 Å². The zero-order valence-corrected chi connectivity index (χ0v) is 19.1. The van der Waals surface area contributed by atoms with Gasteiger partial charge in [-0.25, -0.2) is 9.71 Å². The molecule has 11 heteroatoms. The molecule has 0 spiro atoms. The van der Waals surface area contributed by atoms with Crippen molar-refractivity contribution in [3.63, 3.8) is 0 Å². The summed E-state index contributed by atoms with van der Waals surface area (Å²) in [5.74, 6) is 1.95. The summed E-state index contributed by atoms with van der Waals surface area (Å²) in [7, 11) is -3.40. The minimum absolute atomic E-state index is 0. The van der Waals surface area contributed by atoms with Gasteiger partial charge in [-0.15, -0.1) is 12.4 Å². The molecule has 2 heterocycles. The van der Waals surface area contributed by atoms with Crippen molar-refractivity contribution in [3.05, 3.63) is 24.3 Å². The SMILES string of the molecule is Cl.Nc1nc(NCC2CCC(CNS(=O)(=O)N3CCOCC3)CC2)nc2ccccc12. The summed E-state index contributed by atoms with van der Waals surface area (Å²) < 4.78 is 34.3. The van der Waals surface area contributed by atoms with Crippen LogP contribution in [0.3, 0.4) is 0 Å². The Balaban J connectivity index is 0.00000272. The van der Waals surface area contributed by atoms with Crippen LogP contribution in [0, 0.1) is 11.8 Å². The minimum Gasteiger partial charge on any atom is -0.383 e. The van der Waals surface area contributed by atoms with Crippen molar-refractivity contribution >= 4 is 45.3 Å². The highest BCUT2D eigenvalue weighted by Crippen LogP contribution is 2.29. The normalized spacial score (nSPS) is 22.7. The number of anilines is 2. The van der Waals surface area contributed by atoms with Crippen LogP contribution in [-0.2, 0) is 14.9 Å². The first kappa shape index (κ1) is 23.9. The lowest BCUT2D eigenvalue weighted by atomic mass is 9.82. The predicted molar refractivity (Wildman–Crippen MR) is 124 cm³/mol. The number of nitrogens with zero attached hydrogens (tertiary/aromatic N) is 3. The maximum Gasteiger partial charge on any atom is 0.279 e. The summed E-state index contributed by atoms with van der Waals surface area (Å²) >= 11 is 0. The van der Waals surface area contributed by atoms with Crippen LogP contribution >= 0.6 is 12.4 Å². The lowest BCUT2D eigenvalue weighted by Crippen LogP contribution is -2.47. The molecule has 1 aromatic heterocycles. The summed E-state index contributed by atoms with van der Waals surface area (Å²) in [4.78, 5) is 8.91. The fourth-order valence-electron chi connectivity index (χ4n) is 4.16. The molecule has 0 atom stereocenters. The number of ether oxygens (including phenoxy) is 1. The second kappa shape index (κ2) is 10.7. The molecule has 0 amide bonds. The highest BCUT2D eigenvalue weighted by molar-refractivity contribution is 7.87. The zero-order valence-electron chi connectivity index (χ0n) is 17.5. The first-order chi connectivity index (χ1) is 14.5. The molecule has 2 fully saturated rings. The van der Waals surface area contributed by atoms with Crippen LogP contribution in [0.1, 0.15) is 25.7 Å². The van der Waals surface area contributed by atoms with Crippen LogP contribution in [0.4, 0.5) is 11.8 Å². The number of aromatic nitrogens is 2. The fraction of sp³-hybridized carbons (Fsp3) is 0.600. The van der Waals surface area contributed by atoms with Crippen LogP contribution in [0.2, 0.25) is 0 Å². The van der Waals surface area contributed by atoms with Crippen LogP contribution in [0.5, 0.6) is 0 Å². The number of nitrogen functional groups attached to an aromatic ring is 1. The topological polar surface area (TPSA) is 122 Å². The Morgan fingerprint density at radius 1 is 1.03 bits per heavy atom. The summed E-state index contributed by atoms with van der Waals surface area (Å²) in [6.07, 6.45) is 4.14. The molecule has 172 valence electrons. The largest absolute Gasteiger partial charge is 0.383 e. The molecule has 9 nitrogen and oxygen atoms in total. The Kier molecular flexibility index (Phi) is 8.29. The summed E-state index contributed by atoms with van der Waals surface area (Å²) in [5, 5.41) is 4.19. The number of rotatable bonds is 7. The zero-order chi connectivity index (χ0) is 21.0. The monoisotopic (exact) mass is 470 g/mol. The van der Waals surface area contributed by atoms with E-state index in [1.165, 1.54) is 4.31 Å². The van der Waals surface area contributed by atoms with Crippen LogP contribution in [0.25, 0.3) is 10.9 Å². The van der Waals surface area contributed by atoms with Crippen molar-refractivity contribution < 1.29 is 13.2 Å². The quantitative estimate of drug-likeness (QED) is 0.565. The number of benzene rings is 1. The van der Waals surface area contributed by atoms with E-state index < -0.39 is 10.2 Å². The lowest BCUT2D eigenvalue weighted by molar-refractivity contribution is 0.0724. The molecule has 1 saturated carbocycles. The number of hydrogen-bond donors (Lipinski definition) is 3. The average Bonchev–Trinajstić information content (AvgIpc) is 2.78. The van der Waals surface area contributed by atoms with Crippen molar-refractivity contribution in [2.45, 2.75) is 25.7 Å². The predicted octanol–water partition coefficient (Wildman–Crippen LogP) is 2.02. The molecule has 1 saturated heterocycles. The van der Waals surface area contributed by atoms with E-state index in [0.29, 0.717) is 56.5 Å². The Morgan fingerprint density at radius 3 is 2.39 bits per heavy atom. The maximum atomic E-state index is 12.4. The van der Waals surface area contributed by atoms with Crippen LogP contribution in [0.15, 0.2) is 24.3 Å². The van der Waals surface area contributed by atoms with Gasteiger partial charge >= 0.3 is 0 Å². The number of morpholine rings is 1. The van der Waals surface area contributed by atoms with E-state index in [2.05, 4.69) is 20.0 Å². The van der Waals surface area contributed by atoms with E-state index in [1.54, 1.807) is 0 Å². The van der Waals surface area contributed by atoms with E-state index in [-0.39, 0.29) is 12.4 Å². The smallest absolute Gasteiger partial charge is 0.279 e. The number of hydrogen-bond acceptors (Lipinski definition) is 7. The molecule has 1 aromatic carbocycles. The molecule has 1 aliphatic carbocycles. The number of nitrogens with two attached hydrogens (primary N) is 1. The Bertz CT molecular complexity index is 963. The van der Waals surface area contributed by atoms with Gasteiger partial charge in [0.05, 0.1) is 18.7 Å². The van der Waals surface area contributed by atoms with Gasteiger partial charge in [-0.2, -0.15) is 17.7 Å². The van der Waals surface area contributed by atoms with Crippen molar-refractivity contribution in [2.75, 3.05) is 50.4 Å². The molecule has 31 heavy (non-hydrogen) atoms. The maximum absolute atomic E-state index is 12.4. The molecule has 2 aliphatic rings. The Morgan fingerprint density at radius 2 is 1.68 bits per heavy atom. The molecule has 4 N–H and O–H groups in total. The molecule has 1 aliphatic heterocycles. The molecule has 0 bridgehead atoms. The third-order valence-electron chi connectivity index (χ3n) is 6.01. The highest BCUT2D eigenvalue weighted by Gasteiger charge is 2.27. The van der Waals surface area contributed by atoms with E-state index in [0.717, 1.165) is 43.1 Å². The number of halogens is 1. The fourth-order valence-corrected chi connectivity index (χ4v) is 5.42. The van der Waals surface area contributed by atoms with Gasteiger partial charge in [-0.3, -0.25) is 0 Å². The molecule has 2 aromatic rings. The van der Waals surface area contributed by atoms with E-state index in [1.807, 2.05) is 24.3 Å². The average molecular weight is 471 g/mol. The molecule has 0 radical (unpaired) electrons. The van der Waals surface area contributed by atoms with Gasteiger partial charge in [0.2, 0.25) is 5.95 Å². The van der Waals surface area contributed by atoms with Crippen LogP contribution < -0.4 is 15.8 Å². The highest BCUT2D eigenvalue weighted by atomic mass is 35.5. The van der Waals surface area contributed by atoms with Gasteiger partial charge in [-0.1, -0.05) is 12.1 Å². The third kappa shape index (κ3) is 6.17. The molecule has 0 unspecified atom stereocenters. The Hall–Kier alpha value is -1.72. The molecule has 4 rings (SSSR count). The first-order valence-corrected chi connectivity index (χ1v) is 12.0. The van der Waals surface area contributed by atoms with E-state index >= 15 is 0 Å². The van der Waals surface area contributed by atoms with Crippen molar-refractivity contribution in [3.8, 4) is 0 Å². The summed E-state index contributed by atoms with van der Waals surface area (Å²) in [6.45, 7) is 3.08. The number of fused-ring (bicyclic) bond motifs is 1. The van der Waals surface area contributed by atoms with Gasteiger partial charge < -0.3 is 15.8 Å². The lowest BCUT2D eigenvalue weighted by Gasteiger charge is -2.30. The minimum atomic E-state index is -3.40. The van der Waals surface area contributed by atoms with Crippen LogP contribution in [-0.4, -0.2) is 62.1 Å². The summed E-state index contributed by atoms with van der Waals surface area (Å²) in [6, 6.07) is 7.71. The van der Waals surface area contributed by atoms with Crippen molar-refractivity contribution in [1.29, 1.82) is 0 Å². The number of nitrogens with one attached hydrogen (secondary N) is 2. The van der Waals surface area contributed by atoms with E-state index in [4.69, 9.17) is 10.5 Å². The molecular formula is C20H31ClN6O3S. The van der Waals surface area contributed by atoms with Gasteiger partial charge in [-0.05, 0) is 49.7 Å². The second-order valence-electron chi connectivity index (χ2n) is 8.08. The van der Waals surface area contributed by atoms with Gasteiger partial charge in [0.1, 0.15) is 5.82 Å². The third-order valence-corrected chi connectivity index (χ3v) is 7.59. The van der Waals surface area contributed by atoms with Crippen molar-refractivity contribution in [2.24, 2.45) is 11.8 Å². The molecular weight excluding hydrogens is 440 g/mol.